The van der Waals surface area contributed by atoms with Gasteiger partial charge in [0.05, 0.1) is 7.85 Å². The van der Waals surface area contributed by atoms with Crippen LogP contribution in [0.2, 0.25) is 6.32 Å². The van der Waals surface area contributed by atoms with Gasteiger partial charge in [0.2, 0.25) is 0 Å². The number of unbranched alkanes of at least 4 members (excludes halogenated alkanes) is 1. The summed E-state index contributed by atoms with van der Waals surface area (Å²) in [7, 11) is 5.33. The van der Waals surface area contributed by atoms with Crippen molar-refractivity contribution in [3.8, 4) is 0 Å². The second kappa shape index (κ2) is 6.84. The van der Waals surface area contributed by atoms with Gasteiger partial charge in [-0.15, -0.1) is 0 Å². The summed E-state index contributed by atoms with van der Waals surface area (Å²) in [5.41, 5.74) is 9.98. The minimum absolute atomic E-state index is 0.434. The molecule has 5 heteroatoms. The molecule has 0 fully saturated rings. The molecule has 0 aromatic heterocycles. The highest BCUT2D eigenvalue weighted by atomic mass is 16.4. The van der Waals surface area contributed by atoms with Crippen molar-refractivity contribution in [3.05, 3.63) is 0 Å². The molecule has 0 saturated carbocycles. The number of hydrogen-bond acceptors (Lipinski definition) is 3. The molecular weight excluding hydrogens is 179 g/mol. The zero-order chi connectivity index (χ0) is 11.0. The van der Waals surface area contributed by atoms with Crippen LogP contribution < -0.4 is 11.5 Å². The van der Waals surface area contributed by atoms with Crippen molar-refractivity contribution in [3.63, 3.8) is 0 Å². The Labute approximate surface area is 86.4 Å². The Bertz CT molecular complexity index is 178. The summed E-state index contributed by atoms with van der Waals surface area (Å²) in [5.74, 6) is -0.942. The summed E-state index contributed by atoms with van der Waals surface area (Å²) in [6, 6.07) is 0. The topological polar surface area (TPSA) is 89.3 Å². The van der Waals surface area contributed by atoms with Crippen molar-refractivity contribution in [2.75, 3.05) is 6.54 Å². The molecule has 0 aliphatic heterocycles. The van der Waals surface area contributed by atoms with Crippen LogP contribution in [0.25, 0.3) is 0 Å². The SMILES string of the molecule is [B]CCCCC(N)(CCCN)C(=O)O. The van der Waals surface area contributed by atoms with Gasteiger partial charge < -0.3 is 16.6 Å². The van der Waals surface area contributed by atoms with Gasteiger partial charge >= 0.3 is 5.97 Å². The summed E-state index contributed by atoms with van der Waals surface area (Å²) in [6.45, 7) is 0.475. The molecule has 80 valence electrons. The van der Waals surface area contributed by atoms with Crippen molar-refractivity contribution in [1.29, 1.82) is 0 Å². The summed E-state index contributed by atoms with van der Waals surface area (Å²) < 4.78 is 0. The summed E-state index contributed by atoms with van der Waals surface area (Å²) in [6.07, 6.45) is 3.69. The molecule has 4 nitrogen and oxygen atoms in total. The predicted octanol–water partition coefficient (Wildman–Crippen LogP) is 0.265. The van der Waals surface area contributed by atoms with E-state index < -0.39 is 11.5 Å². The lowest BCUT2D eigenvalue weighted by molar-refractivity contribution is -0.144. The van der Waals surface area contributed by atoms with E-state index in [2.05, 4.69) is 0 Å². The van der Waals surface area contributed by atoms with Crippen molar-refractivity contribution in [1.82, 2.24) is 0 Å². The maximum absolute atomic E-state index is 10.9. The summed E-state index contributed by atoms with van der Waals surface area (Å²) in [4.78, 5) is 10.9. The van der Waals surface area contributed by atoms with Gasteiger partial charge in [0.15, 0.2) is 0 Å². The average Bonchev–Trinajstić information content (AvgIpc) is 2.15. The Morgan fingerprint density at radius 1 is 1.29 bits per heavy atom. The highest BCUT2D eigenvalue weighted by Crippen LogP contribution is 2.18. The maximum atomic E-state index is 10.9. The molecule has 2 radical (unpaired) electrons. The molecule has 0 aromatic rings. The van der Waals surface area contributed by atoms with Gasteiger partial charge in [-0.25, -0.2) is 0 Å². The highest BCUT2D eigenvalue weighted by molar-refractivity contribution is 6.08. The minimum Gasteiger partial charge on any atom is -0.480 e. The van der Waals surface area contributed by atoms with Crippen LogP contribution in [0.1, 0.15) is 32.1 Å². The first-order chi connectivity index (χ1) is 6.56. The van der Waals surface area contributed by atoms with E-state index in [0.717, 1.165) is 12.8 Å². The number of aliphatic carboxylic acids is 1. The second-order valence-electron chi connectivity index (χ2n) is 3.60. The van der Waals surface area contributed by atoms with Crippen molar-refractivity contribution in [2.24, 2.45) is 11.5 Å². The van der Waals surface area contributed by atoms with Crippen molar-refractivity contribution < 1.29 is 9.90 Å². The van der Waals surface area contributed by atoms with Crippen LogP contribution in [0.5, 0.6) is 0 Å². The van der Waals surface area contributed by atoms with E-state index in [1.165, 1.54) is 0 Å². The van der Waals surface area contributed by atoms with Gasteiger partial charge in [0.1, 0.15) is 5.54 Å². The third-order valence-electron chi connectivity index (χ3n) is 2.33. The summed E-state index contributed by atoms with van der Waals surface area (Å²) in [5, 5.41) is 8.96. The van der Waals surface area contributed by atoms with Crippen LogP contribution in [-0.4, -0.2) is 31.0 Å². The fourth-order valence-corrected chi connectivity index (χ4v) is 1.34. The van der Waals surface area contributed by atoms with Crippen LogP contribution in [0.15, 0.2) is 0 Å². The Morgan fingerprint density at radius 2 is 1.86 bits per heavy atom. The molecule has 0 heterocycles. The largest absolute Gasteiger partial charge is 0.480 e. The summed E-state index contributed by atoms with van der Waals surface area (Å²) >= 11 is 0. The van der Waals surface area contributed by atoms with E-state index >= 15 is 0 Å². The number of rotatable bonds is 8. The van der Waals surface area contributed by atoms with Gasteiger partial charge in [0.25, 0.3) is 0 Å². The Kier molecular flexibility index (Phi) is 6.58. The molecule has 1 unspecified atom stereocenters. The molecule has 0 bridgehead atoms. The smallest absolute Gasteiger partial charge is 0.323 e. The van der Waals surface area contributed by atoms with Crippen LogP contribution in [-0.2, 0) is 4.79 Å². The Morgan fingerprint density at radius 3 is 2.29 bits per heavy atom. The monoisotopic (exact) mass is 198 g/mol. The van der Waals surface area contributed by atoms with E-state index in [1.807, 2.05) is 0 Å². The standard InChI is InChI=1S/C9H19BN2O2/c10-6-2-1-4-9(12,8(13)14)5-3-7-11/h1-7,11-12H2,(H,13,14). The first kappa shape index (κ1) is 13.5. The van der Waals surface area contributed by atoms with Crippen molar-refractivity contribution >= 4 is 13.8 Å². The zero-order valence-electron chi connectivity index (χ0n) is 8.54. The highest BCUT2D eigenvalue weighted by Gasteiger charge is 2.32. The normalized spacial score (nSPS) is 15.0. The lowest BCUT2D eigenvalue weighted by Gasteiger charge is -2.24. The molecular formula is C9H19BN2O2. The number of nitrogens with two attached hydrogens (primary N) is 2. The molecule has 1 atom stereocenters. The first-order valence-corrected chi connectivity index (χ1v) is 4.99. The van der Waals surface area contributed by atoms with Crippen LogP contribution in [0.4, 0.5) is 0 Å². The first-order valence-electron chi connectivity index (χ1n) is 4.99. The minimum atomic E-state index is -1.12. The van der Waals surface area contributed by atoms with E-state index in [4.69, 9.17) is 24.4 Å². The van der Waals surface area contributed by atoms with Crippen molar-refractivity contribution in [2.45, 2.75) is 44.0 Å². The number of carbonyl (C=O) groups is 1. The number of carboxylic acid groups (broad SMARTS) is 1. The van der Waals surface area contributed by atoms with Gasteiger partial charge in [-0.05, 0) is 25.8 Å². The van der Waals surface area contributed by atoms with E-state index in [9.17, 15) is 4.79 Å². The molecule has 0 aliphatic rings. The Balaban J connectivity index is 4.03. The fourth-order valence-electron chi connectivity index (χ4n) is 1.34. The van der Waals surface area contributed by atoms with Crippen LogP contribution >= 0.6 is 0 Å². The molecule has 0 spiro atoms. The maximum Gasteiger partial charge on any atom is 0.323 e. The number of hydrogen-bond donors (Lipinski definition) is 3. The predicted molar refractivity (Wildman–Crippen MR) is 57.3 cm³/mol. The van der Waals surface area contributed by atoms with E-state index in [0.29, 0.717) is 32.1 Å². The molecule has 0 aliphatic carbocycles. The fraction of sp³-hybridized carbons (Fsp3) is 0.889. The Hall–Kier alpha value is -0.545. The molecule has 0 aromatic carbocycles. The van der Waals surface area contributed by atoms with Crippen LogP contribution in [0.3, 0.4) is 0 Å². The molecule has 5 N–H and O–H groups in total. The number of carboxylic acids is 1. The van der Waals surface area contributed by atoms with E-state index in [-0.39, 0.29) is 0 Å². The molecule has 0 amide bonds. The molecule has 0 rings (SSSR count). The lowest BCUT2D eigenvalue weighted by atomic mass is 9.87. The van der Waals surface area contributed by atoms with E-state index in [1.54, 1.807) is 0 Å². The average molecular weight is 198 g/mol. The third kappa shape index (κ3) is 4.62. The van der Waals surface area contributed by atoms with Gasteiger partial charge in [-0.3, -0.25) is 4.79 Å². The van der Waals surface area contributed by atoms with Gasteiger partial charge in [-0.2, -0.15) is 0 Å². The third-order valence-corrected chi connectivity index (χ3v) is 2.33. The van der Waals surface area contributed by atoms with Gasteiger partial charge in [0, 0.05) is 0 Å². The second-order valence-corrected chi connectivity index (χ2v) is 3.60. The zero-order valence-corrected chi connectivity index (χ0v) is 8.54. The lowest BCUT2D eigenvalue weighted by Crippen LogP contribution is -2.48. The molecule has 14 heavy (non-hydrogen) atoms. The van der Waals surface area contributed by atoms with Crippen LogP contribution in [0, 0.1) is 0 Å². The quantitative estimate of drug-likeness (QED) is 0.385. The van der Waals surface area contributed by atoms with Gasteiger partial charge in [-0.1, -0.05) is 19.2 Å². The molecule has 0 saturated heterocycles.